The molecular weight excluding hydrogens is 416 g/mol. The van der Waals surface area contributed by atoms with E-state index in [0.29, 0.717) is 10.2 Å². The maximum absolute atomic E-state index is 12.5. The molecule has 6 nitrogen and oxygen atoms in total. The summed E-state index contributed by atoms with van der Waals surface area (Å²) in [5, 5.41) is 10.0. The standard InChI is InChI=1S/C15H11BrN2O4S2/c1-8-17-13-5-2-9(6-14(13)23-8)18-24(21,22)10-3-4-12(16)11(7-10)15(19)20/h2-7,18H,1H3,(H,19,20). The summed E-state index contributed by atoms with van der Waals surface area (Å²) in [4.78, 5) is 15.4. The molecule has 0 bridgehead atoms. The molecule has 3 rings (SSSR count). The SMILES string of the molecule is Cc1nc2ccc(NS(=O)(=O)c3ccc(Br)c(C(=O)O)c3)cc2s1. The van der Waals surface area contributed by atoms with Crippen molar-refractivity contribution in [1.29, 1.82) is 0 Å². The lowest BCUT2D eigenvalue weighted by atomic mass is 10.2. The number of aromatic carboxylic acids is 1. The number of carboxylic acids is 1. The number of carbonyl (C=O) groups is 1. The fraction of sp³-hybridized carbons (Fsp3) is 0.0667. The maximum Gasteiger partial charge on any atom is 0.336 e. The van der Waals surface area contributed by atoms with Gasteiger partial charge in [0.2, 0.25) is 0 Å². The number of hydrogen-bond acceptors (Lipinski definition) is 5. The minimum absolute atomic E-state index is 0.119. The van der Waals surface area contributed by atoms with Crippen molar-refractivity contribution in [3.63, 3.8) is 0 Å². The first-order valence-corrected chi connectivity index (χ1v) is 9.78. The van der Waals surface area contributed by atoms with Crippen LogP contribution in [0.5, 0.6) is 0 Å². The zero-order valence-corrected chi connectivity index (χ0v) is 15.5. The predicted octanol–water partition coefficient (Wildman–Crippen LogP) is 3.87. The maximum atomic E-state index is 12.5. The minimum atomic E-state index is -3.90. The Morgan fingerprint density at radius 3 is 2.71 bits per heavy atom. The Kier molecular flexibility index (Phi) is 4.33. The number of aromatic nitrogens is 1. The topological polar surface area (TPSA) is 96.4 Å². The molecule has 0 aliphatic heterocycles. The summed E-state index contributed by atoms with van der Waals surface area (Å²) in [5.41, 5.74) is 1.08. The lowest BCUT2D eigenvalue weighted by molar-refractivity contribution is 0.0695. The third kappa shape index (κ3) is 3.28. The molecule has 1 aromatic heterocycles. The molecule has 0 saturated carbocycles. The number of hydrogen-bond donors (Lipinski definition) is 2. The Hall–Kier alpha value is -1.97. The summed E-state index contributed by atoms with van der Waals surface area (Å²) < 4.78 is 28.6. The van der Waals surface area contributed by atoms with Crippen molar-refractivity contribution in [2.24, 2.45) is 0 Å². The van der Waals surface area contributed by atoms with Gasteiger partial charge in [0.25, 0.3) is 10.0 Å². The van der Waals surface area contributed by atoms with E-state index in [0.717, 1.165) is 21.3 Å². The van der Waals surface area contributed by atoms with Gasteiger partial charge in [0.15, 0.2) is 0 Å². The first-order chi connectivity index (χ1) is 11.3. The van der Waals surface area contributed by atoms with Gasteiger partial charge >= 0.3 is 5.97 Å². The highest BCUT2D eigenvalue weighted by Crippen LogP contribution is 2.27. The van der Waals surface area contributed by atoms with Gasteiger partial charge in [-0.3, -0.25) is 4.72 Å². The number of anilines is 1. The molecule has 1 heterocycles. The molecule has 124 valence electrons. The highest BCUT2D eigenvalue weighted by molar-refractivity contribution is 9.10. The largest absolute Gasteiger partial charge is 0.478 e. The van der Waals surface area contributed by atoms with E-state index in [9.17, 15) is 13.2 Å². The van der Waals surface area contributed by atoms with E-state index in [1.165, 1.54) is 23.5 Å². The van der Waals surface area contributed by atoms with E-state index in [4.69, 9.17) is 5.11 Å². The zero-order valence-electron chi connectivity index (χ0n) is 12.3. The van der Waals surface area contributed by atoms with Crippen LogP contribution in [-0.4, -0.2) is 24.5 Å². The van der Waals surface area contributed by atoms with E-state index in [1.807, 2.05) is 6.92 Å². The van der Waals surface area contributed by atoms with E-state index in [2.05, 4.69) is 25.6 Å². The van der Waals surface area contributed by atoms with Crippen molar-refractivity contribution in [3.8, 4) is 0 Å². The second kappa shape index (κ2) is 6.15. The van der Waals surface area contributed by atoms with E-state index in [1.54, 1.807) is 18.2 Å². The van der Waals surface area contributed by atoms with Crippen LogP contribution in [0.4, 0.5) is 5.69 Å². The van der Waals surface area contributed by atoms with Gasteiger partial charge in [-0.1, -0.05) is 0 Å². The van der Waals surface area contributed by atoms with Crippen LogP contribution in [0, 0.1) is 6.92 Å². The molecule has 0 amide bonds. The molecule has 2 N–H and O–H groups in total. The van der Waals surface area contributed by atoms with Crippen LogP contribution in [0.15, 0.2) is 45.8 Å². The summed E-state index contributed by atoms with van der Waals surface area (Å²) >= 11 is 4.56. The monoisotopic (exact) mass is 426 g/mol. The number of benzene rings is 2. The van der Waals surface area contributed by atoms with Gasteiger partial charge in [-0.2, -0.15) is 0 Å². The van der Waals surface area contributed by atoms with Gasteiger partial charge in [-0.25, -0.2) is 18.2 Å². The Balaban J connectivity index is 1.98. The average molecular weight is 427 g/mol. The number of nitrogens with one attached hydrogen (secondary N) is 1. The van der Waals surface area contributed by atoms with Gasteiger partial charge in [-0.05, 0) is 59.3 Å². The highest BCUT2D eigenvalue weighted by Gasteiger charge is 2.18. The van der Waals surface area contributed by atoms with Crippen molar-refractivity contribution in [2.75, 3.05) is 4.72 Å². The summed E-state index contributed by atoms with van der Waals surface area (Å²) in [6, 6.07) is 8.91. The third-order valence-electron chi connectivity index (χ3n) is 3.23. The van der Waals surface area contributed by atoms with Crippen LogP contribution in [0.3, 0.4) is 0 Å². The van der Waals surface area contributed by atoms with Crippen molar-refractivity contribution >= 4 is 59.2 Å². The number of sulfonamides is 1. The molecule has 0 fully saturated rings. The second-order valence-corrected chi connectivity index (χ2v) is 8.74. The van der Waals surface area contributed by atoms with Crippen molar-refractivity contribution in [2.45, 2.75) is 11.8 Å². The number of aryl methyl sites for hydroxylation is 1. The molecule has 0 spiro atoms. The van der Waals surface area contributed by atoms with Crippen LogP contribution < -0.4 is 4.72 Å². The minimum Gasteiger partial charge on any atom is -0.478 e. The van der Waals surface area contributed by atoms with E-state index >= 15 is 0 Å². The Labute approximate surface area is 150 Å². The average Bonchev–Trinajstić information content (AvgIpc) is 2.86. The molecule has 24 heavy (non-hydrogen) atoms. The van der Waals surface area contributed by atoms with Gasteiger partial charge < -0.3 is 5.11 Å². The van der Waals surface area contributed by atoms with Gasteiger partial charge in [-0.15, -0.1) is 11.3 Å². The summed E-state index contributed by atoms with van der Waals surface area (Å²) in [5.74, 6) is -1.21. The van der Waals surface area contributed by atoms with Crippen molar-refractivity contribution in [3.05, 3.63) is 51.4 Å². The number of halogens is 1. The fourth-order valence-electron chi connectivity index (χ4n) is 2.15. The Morgan fingerprint density at radius 1 is 1.25 bits per heavy atom. The van der Waals surface area contributed by atoms with E-state index in [-0.39, 0.29) is 10.5 Å². The molecule has 0 saturated heterocycles. The fourth-order valence-corrected chi connectivity index (χ4v) is 4.51. The normalized spacial score (nSPS) is 11.6. The highest BCUT2D eigenvalue weighted by atomic mass is 79.9. The molecule has 0 aliphatic carbocycles. The van der Waals surface area contributed by atoms with Gasteiger partial charge in [0, 0.05) is 4.47 Å². The quantitative estimate of drug-likeness (QED) is 0.659. The van der Waals surface area contributed by atoms with Crippen LogP contribution in [0.25, 0.3) is 10.2 Å². The molecule has 3 aromatic rings. The third-order valence-corrected chi connectivity index (χ3v) is 6.23. The molecule has 2 aromatic carbocycles. The number of nitrogens with zero attached hydrogens (tertiary/aromatic N) is 1. The van der Waals surface area contributed by atoms with Crippen LogP contribution in [0.1, 0.15) is 15.4 Å². The van der Waals surface area contributed by atoms with Crippen LogP contribution in [-0.2, 0) is 10.0 Å². The summed E-state index contributed by atoms with van der Waals surface area (Å²) in [7, 11) is -3.90. The number of rotatable bonds is 4. The molecule has 0 radical (unpaired) electrons. The molecule has 9 heteroatoms. The van der Waals surface area contributed by atoms with Crippen LogP contribution >= 0.6 is 27.3 Å². The lowest BCUT2D eigenvalue weighted by Crippen LogP contribution is -2.14. The first-order valence-electron chi connectivity index (χ1n) is 6.69. The zero-order chi connectivity index (χ0) is 17.5. The number of carboxylic acid groups (broad SMARTS) is 1. The smallest absolute Gasteiger partial charge is 0.336 e. The second-order valence-electron chi connectivity index (χ2n) is 4.97. The van der Waals surface area contributed by atoms with Crippen molar-refractivity contribution in [1.82, 2.24) is 4.98 Å². The molecule has 0 aliphatic rings. The number of thiazole rings is 1. The molecule has 0 unspecified atom stereocenters. The Bertz CT molecular complexity index is 1060. The van der Waals surface area contributed by atoms with Gasteiger partial charge in [0.1, 0.15) is 0 Å². The lowest BCUT2D eigenvalue weighted by Gasteiger charge is -2.09. The molecular formula is C15H11BrN2O4S2. The first kappa shape index (κ1) is 16.9. The summed E-state index contributed by atoms with van der Waals surface area (Å²) in [6.07, 6.45) is 0. The van der Waals surface area contributed by atoms with Gasteiger partial charge in [0.05, 0.1) is 31.4 Å². The molecule has 0 atom stereocenters. The Morgan fingerprint density at radius 2 is 2.00 bits per heavy atom. The predicted molar refractivity (Wildman–Crippen MR) is 96.3 cm³/mol. The number of fused-ring (bicyclic) bond motifs is 1. The van der Waals surface area contributed by atoms with Crippen LogP contribution in [0.2, 0.25) is 0 Å². The van der Waals surface area contributed by atoms with Crippen molar-refractivity contribution < 1.29 is 18.3 Å². The van der Waals surface area contributed by atoms with E-state index < -0.39 is 16.0 Å². The summed E-state index contributed by atoms with van der Waals surface area (Å²) in [6.45, 7) is 1.88.